The van der Waals surface area contributed by atoms with Crippen LogP contribution in [0.25, 0.3) is 22.6 Å². The summed E-state index contributed by atoms with van der Waals surface area (Å²) in [5.74, 6) is 0.373. The maximum Gasteiger partial charge on any atom is 0.269 e. The van der Waals surface area contributed by atoms with E-state index < -0.39 is 4.92 Å². The van der Waals surface area contributed by atoms with E-state index in [0.29, 0.717) is 35.6 Å². The van der Waals surface area contributed by atoms with Crippen LogP contribution >= 0.6 is 0 Å². The Balaban J connectivity index is 1.93. The van der Waals surface area contributed by atoms with Gasteiger partial charge in [-0.3, -0.25) is 10.1 Å². The second-order valence-corrected chi connectivity index (χ2v) is 5.41. The molecule has 0 atom stereocenters. The molecule has 2 N–H and O–H groups in total. The lowest BCUT2D eigenvalue weighted by Gasteiger charge is -2.22. The Kier molecular flexibility index (Phi) is 4.92. The lowest BCUT2D eigenvalue weighted by atomic mass is 10.2. The molecule has 3 rings (SSSR count). The molecule has 0 fully saturated rings. The van der Waals surface area contributed by atoms with Gasteiger partial charge in [0.15, 0.2) is 5.58 Å². The first-order valence-corrected chi connectivity index (χ1v) is 7.74. The zero-order valence-electron chi connectivity index (χ0n) is 13.3. The molecule has 0 radical (unpaired) electrons. The number of fused-ring (bicyclic) bond motifs is 1. The molecule has 0 aliphatic rings. The van der Waals surface area contributed by atoms with E-state index in [2.05, 4.69) is 4.98 Å². The summed E-state index contributed by atoms with van der Waals surface area (Å²) in [6.07, 6.45) is 0. The van der Waals surface area contributed by atoms with Crippen molar-refractivity contribution >= 4 is 22.5 Å². The van der Waals surface area contributed by atoms with Gasteiger partial charge in [-0.15, -0.1) is 0 Å². The lowest BCUT2D eigenvalue weighted by Crippen LogP contribution is -2.29. The molecular formula is C17H17N3O5. The number of aliphatic hydroxyl groups excluding tert-OH is 2. The third-order valence-corrected chi connectivity index (χ3v) is 3.80. The van der Waals surface area contributed by atoms with Crippen LogP contribution in [-0.2, 0) is 0 Å². The molecule has 0 bridgehead atoms. The minimum Gasteiger partial charge on any atom is -0.436 e. The molecular weight excluding hydrogens is 326 g/mol. The molecule has 0 spiro atoms. The molecule has 2 aromatic carbocycles. The van der Waals surface area contributed by atoms with Gasteiger partial charge >= 0.3 is 0 Å². The number of nitrogens with zero attached hydrogens (tertiary/aromatic N) is 3. The van der Waals surface area contributed by atoms with Crippen molar-refractivity contribution in [3.63, 3.8) is 0 Å². The molecule has 8 nitrogen and oxygen atoms in total. The van der Waals surface area contributed by atoms with Crippen LogP contribution in [0.15, 0.2) is 46.9 Å². The van der Waals surface area contributed by atoms with E-state index in [4.69, 9.17) is 14.6 Å². The fourth-order valence-corrected chi connectivity index (χ4v) is 2.57. The lowest BCUT2D eigenvalue weighted by molar-refractivity contribution is -0.384. The van der Waals surface area contributed by atoms with Crippen LogP contribution in [0.1, 0.15) is 0 Å². The third kappa shape index (κ3) is 3.59. The molecule has 0 saturated heterocycles. The van der Waals surface area contributed by atoms with Crippen LogP contribution in [0.5, 0.6) is 0 Å². The molecule has 8 heteroatoms. The van der Waals surface area contributed by atoms with E-state index in [-0.39, 0.29) is 18.9 Å². The van der Waals surface area contributed by atoms with Crippen LogP contribution in [0.2, 0.25) is 0 Å². The van der Waals surface area contributed by atoms with Crippen LogP contribution in [0.4, 0.5) is 11.4 Å². The van der Waals surface area contributed by atoms with Gasteiger partial charge in [-0.1, -0.05) is 0 Å². The van der Waals surface area contributed by atoms with Crippen molar-refractivity contribution in [1.29, 1.82) is 0 Å². The number of aromatic nitrogens is 1. The monoisotopic (exact) mass is 343 g/mol. The van der Waals surface area contributed by atoms with Crippen molar-refractivity contribution in [3.05, 3.63) is 52.6 Å². The van der Waals surface area contributed by atoms with Gasteiger partial charge < -0.3 is 19.5 Å². The Bertz CT molecular complexity index is 870. The van der Waals surface area contributed by atoms with Crippen molar-refractivity contribution in [2.45, 2.75) is 0 Å². The van der Waals surface area contributed by atoms with Crippen LogP contribution in [-0.4, -0.2) is 46.4 Å². The highest BCUT2D eigenvalue weighted by Crippen LogP contribution is 2.28. The van der Waals surface area contributed by atoms with Crippen LogP contribution in [0, 0.1) is 10.1 Å². The van der Waals surface area contributed by atoms with E-state index in [1.54, 1.807) is 24.3 Å². The highest BCUT2D eigenvalue weighted by Gasteiger charge is 2.13. The molecule has 25 heavy (non-hydrogen) atoms. The fraction of sp³-hybridized carbons (Fsp3) is 0.235. The molecule has 1 aromatic heterocycles. The number of hydrogen-bond acceptors (Lipinski definition) is 7. The second kappa shape index (κ2) is 7.29. The molecule has 0 saturated carbocycles. The van der Waals surface area contributed by atoms with Gasteiger partial charge in [-0.05, 0) is 24.3 Å². The Hall–Kier alpha value is -2.97. The van der Waals surface area contributed by atoms with Crippen molar-refractivity contribution < 1.29 is 19.6 Å². The topological polar surface area (TPSA) is 113 Å². The number of nitro groups is 1. The van der Waals surface area contributed by atoms with Crippen molar-refractivity contribution in [3.8, 4) is 11.5 Å². The predicted molar refractivity (Wildman–Crippen MR) is 92.5 cm³/mol. The number of non-ortho nitro benzene ring substituents is 1. The maximum atomic E-state index is 10.7. The quantitative estimate of drug-likeness (QED) is 0.499. The van der Waals surface area contributed by atoms with Gasteiger partial charge in [-0.2, -0.15) is 0 Å². The number of benzene rings is 2. The molecule has 0 aliphatic carbocycles. The number of anilines is 1. The molecule has 3 aromatic rings. The summed E-state index contributed by atoms with van der Waals surface area (Å²) >= 11 is 0. The van der Waals surface area contributed by atoms with Gasteiger partial charge in [0.25, 0.3) is 5.69 Å². The smallest absolute Gasteiger partial charge is 0.269 e. The summed E-state index contributed by atoms with van der Waals surface area (Å²) in [5, 5.41) is 29.0. The first kappa shape index (κ1) is 16.9. The minimum absolute atomic E-state index is 0.00537. The first-order chi connectivity index (χ1) is 12.1. The zero-order valence-corrected chi connectivity index (χ0v) is 13.3. The number of rotatable bonds is 7. The second-order valence-electron chi connectivity index (χ2n) is 5.41. The molecule has 0 amide bonds. The summed E-state index contributed by atoms with van der Waals surface area (Å²) in [4.78, 5) is 16.5. The largest absolute Gasteiger partial charge is 0.436 e. The van der Waals surface area contributed by atoms with E-state index in [1.807, 2.05) is 11.0 Å². The summed E-state index contributed by atoms with van der Waals surface area (Å²) in [6, 6.07) is 11.4. The minimum atomic E-state index is -0.459. The maximum absolute atomic E-state index is 10.7. The van der Waals surface area contributed by atoms with E-state index in [1.165, 1.54) is 12.1 Å². The standard InChI is InChI=1S/C17H17N3O5/c21-9-7-19(8-10-22)14-5-6-15-16(11-14)25-17(18-15)12-1-3-13(4-2-12)20(23)24/h1-6,11,21-22H,7-10H2. The van der Waals surface area contributed by atoms with Crippen molar-refractivity contribution in [2.75, 3.05) is 31.2 Å². The Morgan fingerprint density at radius 3 is 2.36 bits per heavy atom. The van der Waals surface area contributed by atoms with Gasteiger partial charge in [0.05, 0.1) is 18.1 Å². The SMILES string of the molecule is O=[N+]([O-])c1ccc(-c2nc3ccc(N(CCO)CCO)cc3o2)cc1. The van der Waals surface area contributed by atoms with Gasteiger partial charge in [0.2, 0.25) is 5.89 Å². The average molecular weight is 343 g/mol. The van der Waals surface area contributed by atoms with Crippen LogP contribution in [0.3, 0.4) is 0 Å². The molecule has 1 heterocycles. The summed E-state index contributed by atoms with van der Waals surface area (Å²) in [6.45, 7) is 0.746. The highest BCUT2D eigenvalue weighted by molar-refractivity contribution is 5.80. The highest BCUT2D eigenvalue weighted by atomic mass is 16.6. The Labute approximate surface area is 143 Å². The van der Waals surface area contributed by atoms with E-state index in [9.17, 15) is 10.1 Å². The first-order valence-electron chi connectivity index (χ1n) is 7.74. The summed E-state index contributed by atoms with van der Waals surface area (Å²) < 4.78 is 5.77. The number of oxazole rings is 1. The average Bonchev–Trinajstić information content (AvgIpc) is 3.05. The number of hydrogen-bond donors (Lipinski definition) is 2. The fourth-order valence-electron chi connectivity index (χ4n) is 2.57. The van der Waals surface area contributed by atoms with Gasteiger partial charge in [0, 0.05) is 42.5 Å². The van der Waals surface area contributed by atoms with Crippen molar-refractivity contribution in [2.24, 2.45) is 0 Å². The van der Waals surface area contributed by atoms with E-state index >= 15 is 0 Å². The third-order valence-electron chi connectivity index (χ3n) is 3.80. The Morgan fingerprint density at radius 1 is 1.08 bits per heavy atom. The summed E-state index contributed by atoms with van der Waals surface area (Å²) in [7, 11) is 0. The Morgan fingerprint density at radius 2 is 1.76 bits per heavy atom. The normalized spacial score (nSPS) is 11.0. The molecule has 130 valence electrons. The molecule has 0 aliphatic heterocycles. The van der Waals surface area contributed by atoms with E-state index in [0.717, 1.165) is 5.69 Å². The summed E-state index contributed by atoms with van der Waals surface area (Å²) in [5.41, 5.74) is 2.68. The number of aliphatic hydroxyl groups is 2. The van der Waals surface area contributed by atoms with Crippen LogP contribution < -0.4 is 4.90 Å². The van der Waals surface area contributed by atoms with Gasteiger partial charge in [0.1, 0.15) is 5.52 Å². The molecule has 0 unspecified atom stereocenters. The van der Waals surface area contributed by atoms with Gasteiger partial charge in [-0.25, -0.2) is 4.98 Å². The van der Waals surface area contributed by atoms with Crippen molar-refractivity contribution in [1.82, 2.24) is 4.98 Å². The zero-order chi connectivity index (χ0) is 17.8. The number of nitro benzene ring substituents is 1. The predicted octanol–water partition coefficient (Wildman–Crippen LogP) is 2.19.